The fourth-order valence-corrected chi connectivity index (χ4v) is 1.41. The van der Waals surface area contributed by atoms with Gasteiger partial charge in [0.05, 0.1) is 0 Å². The zero-order chi connectivity index (χ0) is 9.35. The molecule has 66 valence electrons. The Morgan fingerprint density at radius 2 is 2.33 bits per heavy atom. The van der Waals surface area contributed by atoms with Crippen LogP contribution in [-0.2, 0) is 0 Å². The zero-order valence-electron chi connectivity index (χ0n) is 6.33. The molecule has 1 aliphatic carbocycles. The fourth-order valence-electron chi connectivity index (χ4n) is 0.866. The van der Waals surface area contributed by atoms with E-state index in [0.717, 1.165) is 0 Å². The summed E-state index contributed by atoms with van der Waals surface area (Å²) in [5, 5.41) is 10.3. The summed E-state index contributed by atoms with van der Waals surface area (Å²) in [7, 11) is 0. The highest BCUT2D eigenvalue weighted by Crippen LogP contribution is 2.29. The van der Waals surface area contributed by atoms with Gasteiger partial charge in [0.25, 0.3) is 5.54 Å². The van der Waals surface area contributed by atoms with Gasteiger partial charge in [0.15, 0.2) is 0 Å². The van der Waals surface area contributed by atoms with E-state index in [1.54, 1.807) is 0 Å². The van der Waals surface area contributed by atoms with E-state index in [4.69, 9.17) is 23.2 Å². The number of alkyl halides is 1. The lowest BCUT2D eigenvalue weighted by Gasteiger charge is -2.22. The Morgan fingerprint density at radius 1 is 1.75 bits per heavy atom. The summed E-state index contributed by atoms with van der Waals surface area (Å²) in [4.78, 5) is 10.2. The number of nitro groups is 1. The molecule has 0 amide bonds. The summed E-state index contributed by atoms with van der Waals surface area (Å²) in [6, 6.07) is 0. The minimum absolute atomic E-state index is 0.416. The van der Waals surface area contributed by atoms with Crippen LogP contribution >= 0.6 is 23.2 Å². The Bertz CT molecular complexity index is 275. The van der Waals surface area contributed by atoms with E-state index in [-0.39, 0.29) is 0 Å². The van der Waals surface area contributed by atoms with Crippen LogP contribution in [0.3, 0.4) is 0 Å². The Labute approximate surface area is 79.8 Å². The molecule has 0 radical (unpaired) electrons. The molecule has 3 nitrogen and oxygen atoms in total. The van der Waals surface area contributed by atoms with Crippen molar-refractivity contribution >= 4 is 23.2 Å². The van der Waals surface area contributed by atoms with E-state index in [0.29, 0.717) is 5.03 Å². The molecule has 0 saturated heterocycles. The van der Waals surface area contributed by atoms with Gasteiger partial charge >= 0.3 is 0 Å². The largest absolute Gasteiger partial charge is 0.264 e. The summed E-state index contributed by atoms with van der Waals surface area (Å²) >= 11 is 11.4. The molecule has 5 heteroatoms. The highest BCUT2D eigenvalue weighted by molar-refractivity contribution is 6.32. The first kappa shape index (κ1) is 9.55. The third kappa shape index (κ3) is 1.47. The Hall–Kier alpha value is -0.540. The maximum Gasteiger partial charge on any atom is 0.257 e. The zero-order valence-corrected chi connectivity index (χ0v) is 7.84. The molecule has 2 unspecified atom stereocenters. The average Bonchev–Trinajstić information content (AvgIpc) is 1.97. The Kier molecular flexibility index (Phi) is 2.44. The smallest absolute Gasteiger partial charge is 0.257 e. The molecular formula is C7H7Cl2NO2. The van der Waals surface area contributed by atoms with Crippen molar-refractivity contribution in [3.63, 3.8) is 0 Å². The van der Waals surface area contributed by atoms with Crippen molar-refractivity contribution < 1.29 is 4.92 Å². The molecular weight excluding hydrogens is 201 g/mol. The maximum absolute atomic E-state index is 10.6. The summed E-state index contributed by atoms with van der Waals surface area (Å²) in [5.41, 5.74) is -1.24. The predicted molar refractivity (Wildman–Crippen MR) is 48.1 cm³/mol. The van der Waals surface area contributed by atoms with E-state index >= 15 is 0 Å². The van der Waals surface area contributed by atoms with Crippen LogP contribution in [0.1, 0.15) is 6.92 Å². The van der Waals surface area contributed by atoms with Crippen molar-refractivity contribution in [1.29, 1.82) is 0 Å². The highest BCUT2D eigenvalue weighted by atomic mass is 35.5. The number of rotatable bonds is 1. The summed E-state index contributed by atoms with van der Waals surface area (Å²) in [5.74, 6) is 0. The first-order valence-electron chi connectivity index (χ1n) is 3.32. The second-order valence-corrected chi connectivity index (χ2v) is 3.68. The van der Waals surface area contributed by atoms with Gasteiger partial charge in [-0.3, -0.25) is 10.1 Å². The summed E-state index contributed by atoms with van der Waals surface area (Å²) in [6.45, 7) is 1.46. The molecule has 0 bridgehead atoms. The van der Waals surface area contributed by atoms with Crippen LogP contribution in [-0.4, -0.2) is 15.8 Å². The molecule has 0 spiro atoms. The molecule has 1 rings (SSSR count). The lowest BCUT2D eigenvalue weighted by atomic mass is 9.94. The van der Waals surface area contributed by atoms with Gasteiger partial charge in [-0.25, -0.2) is 0 Å². The third-order valence-corrected chi connectivity index (χ3v) is 2.66. The van der Waals surface area contributed by atoms with Crippen LogP contribution in [0, 0.1) is 10.1 Å². The van der Waals surface area contributed by atoms with Crippen LogP contribution in [0.25, 0.3) is 0 Å². The van der Waals surface area contributed by atoms with Crippen molar-refractivity contribution in [3.05, 3.63) is 33.4 Å². The monoisotopic (exact) mass is 207 g/mol. The minimum atomic E-state index is -1.24. The molecule has 2 atom stereocenters. The van der Waals surface area contributed by atoms with Gasteiger partial charge < -0.3 is 0 Å². The molecule has 0 fully saturated rings. The second kappa shape index (κ2) is 3.07. The van der Waals surface area contributed by atoms with E-state index in [1.165, 1.54) is 25.2 Å². The highest BCUT2D eigenvalue weighted by Gasteiger charge is 2.43. The topological polar surface area (TPSA) is 43.1 Å². The second-order valence-electron chi connectivity index (χ2n) is 2.77. The van der Waals surface area contributed by atoms with Crippen molar-refractivity contribution in [3.8, 4) is 0 Å². The van der Waals surface area contributed by atoms with E-state index in [9.17, 15) is 10.1 Å². The standard InChI is InChI=1S/C7H7Cl2NO2/c1-7(10(11)12)3-2-5(8)4-6(7)9/h2-4,6H,1H3. The first-order valence-corrected chi connectivity index (χ1v) is 4.13. The van der Waals surface area contributed by atoms with Crippen molar-refractivity contribution in [2.75, 3.05) is 0 Å². The molecule has 1 aliphatic rings. The fraction of sp³-hybridized carbons (Fsp3) is 0.429. The van der Waals surface area contributed by atoms with Gasteiger partial charge in [0.2, 0.25) is 0 Å². The average molecular weight is 208 g/mol. The van der Waals surface area contributed by atoms with Crippen LogP contribution in [0.5, 0.6) is 0 Å². The molecule has 0 aromatic heterocycles. The first-order chi connectivity index (χ1) is 5.47. The van der Waals surface area contributed by atoms with Gasteiger partial charge in [0.1, 0.15) is 5.38 Å². The lowest BCUT2D eigenvalue weighted by molar-refractivity contribution is -0.548. The molecule has 0 aromatic carbocycles. The van der Waals surface area contributed by atoms with Crippen molar-refractivity contribution in [2.24, 2.45) is 0 Å². The molecule has 0 heterocycles. The Balaban J connectivity index is 2.99. The van der Waals surface area contributed by atoms with E-state index < -0.39 is 15.8 Å². The SMILES string of the molecule is CC1([N+](=O)[O-])C=CC(Cl)=CC1Cl. The number of halogens is 2. The van der Waals surface area contributed by atoms with Gasteiger partial charge in [-0.15, -0.1) is 11.6 Å². The third-order valence-electron chi connectivity index (χ3n) is 1.84. The molecule has 0 N–H and O–H groups in total. The van der Waals surface area contributed by atoms with Gasteiger partial charge in [-0.05, 0) is 18.2 Å². The number of allylic oxidation sites excluding steroid dienone is 2. The van der Waals surface area contributed by atoms with E-state index in [1.807, 2.05) is 0 Å². The van der Waals surface area contributed by atoms with E-state index in [2.05, 4.69) is 0 Å². The van der Waals surface area contributed by atoms with Gasteiger partial charge in [0, 0.05) is 16.9 Å². The van der Waals surface area contributed by atoms with Crippen molar-refractivity contribution in [1.82, 2.24) is 0 Å². The lowest BCUT2D eigenvalue weighted by Crippen LogP contribution is -2.42. The van der Waals surface area contributed by atoms with Crippen LogP contribution in [0.15, 0.2) is 23.3 Å². The number of nitrogens with zero attached hydrogens (tertiary/aromatic N) is 1. The summed E-state index contributed by atoms with van der Waals surface area (Å²) < 4.78 is 0. The van der Waals surface area contributed by atoms with Crippen LogP contribution < -0.4 is 0 Å². The normalized spacial score (nSPS) is 34.6. The number of hydrogen-bond acceptors (Lipinski definition) is 2. The minimum Gasteiger partial charge on any atom is -0.264 e. The predicted octanol–water partition coefficient (Wildman–Crippen LogP) is 2.32. The molecule has 0 aliphatic heterocycles. The molecule has 0 saturated carbocycles. The summed E-state index contributed by atoms with van der Waals surface area (Å²) in [6.07, 6.45) is 4.36. The van der Waals surface area contributed by atoms with Crippen LogP contribution in [0.2, 0.25) is 0 Å². The Morgan fingerprint density at radius 3 is 2.75 bits per heavy atom. The van der Waals surface area contributed by atoms with Gasteiger partial charge in [-0.2, -0.15) is 0 Å². The molecule has 0 aromatic rings. The molecule has 12 heavy (non-hydrogen) atoms. The van der Waals surface area contributed by atoms with Crippen LogP contribution in [0.4, 0.5) is 0 Å². The maximum atomic E-state index is 10.6. The van der Waals surface area contributed by atoms with Gasteiger partial charge in [-0.1, -0.05) is 11.6 Å². The van der Waals surface area contributed by atoms with Crippen molar-refractivity contribution in [2.45, 2.75) is 17.8 Å². The number of hydrogen-bond donors (Lipinski definition) is 0. The quantitative estimate of drug-likeness (QED) is 0.377.